The first-order valence-corrected chi connectivity index (χ1v) is 11.8. The van der Waals surface area contributed by atoms with Crippen LogP contribution in [0, 0.1) is 5.92 Å². The third-order valence-corrected chi connectivity index (χ3v) is 6.24. The van der Waals surface area contributed by atoms with Gasteiger partial charge in [-0.1, -0.05) is 12.1 Å². The van der Waals surface area contributed by atoms with Crippen LogP contribution in [0.25, 0.3) is 16.7 Å². The number of H-pyrrole nitrogens is 1. The van der Waals surface area contributed by atoms with Crippen molar-refractivity contribution in [3.8, 4) is 0 Å². The quantitative estimate of drug-likeness (QED) is 0.348. The van der Waals surface area contributed by atoms with Crippen LogP contribution < -0.4 is 10.6 Å². The Labute approximate surface area is 208 Å². The van der Waals surface area contributed by atoms with E-state index in [2.05, 4.69) is 30.8 Å². The predicted octanol–water partition coefficient (Wildman–Crippen LogP) is 2.75. The molecule has 3 N–H and O–H groups in total. The van der Waals surface area contributed by atoms with Crippen LogP contribution in [0.1, 0.15) is 45.2 Å². The molecular formula is C24H24F3N7O3. The second kappa shape index (κ2) is 10.2. The van der Waals surface area contributed by atoms with Gasteiger partial charge in [0.05, 0.1) is 22.2 Å². The molecule has 1 saturated heterocycles. The highest BCUT2D eigenvalue weighted by atomic mass is 19.4. The number of alkyl halides is 3. The van der Waals surface area contributed by atoms with E-state index < -0.39 is 23.8 Å². The Morgan fingerprint density at radius 3 is 2.65 bits per heavy atom. The fourth-order valence-electron chi connectivity index (χ4n) is 4.28. The molecule has 0 radical (unpaired) electrons. The number of imidazole rings is 1. The first kappa shape index (κ1) is 24.7. The van der Waals surface area contributed by atoms with Crippen LogP contribution in [0.5, 0.6) is 0 Å². The zero-order chi connectivity index (χ0) is 26.0. The number of ether oxygens (including phenoxy) is 1. The number of aromatic nitrogens is 5. The lowest BCUT2D eigenvalue weighted by atomic mass is 10.0. The molecule has 0 atom stereocenters. The van der Waals surface area contributed by atoms with Crippen molar-refractivity contribution >= 4 is 28.5 Å². The summed E-state index contributed by atoms with van der Waals surface area (Å²) < 4.78 is 46.6. The van der Waals surface area contributed by atoms with E-state index in [1.165, 1.54) is 6.07 Å². The van der Waals surface area contributed by atoms with Crippen LogP contribution in [-0.4, -0.2) is 62.7 Å². The molecule has 5 rings (SSSR count). The highest BCUT2D eigenvalue weighted by Gasteiger charge is 2.38. The largest absolute Gasteiger partial charge is 0.452 e. The maximum Gasteiger partial charge on any atom is 0.452 e. The molecule has 4 aromatic rings. The summed E-state index contributed by atoms with van der Waals surface area (Å²) in [6, 6.07) is 8.70. The number of rotatable bonds is 7. The SMILES string of the molecule is O=C(NCC1CCOCC1)c1cc(C(=O)NCCc2nc3ccccc3[nH]2)c2nnc(C(F)(F)F)n2c1. The van der Waals surface area contributed by atoms with Crippen molar-refractivity contribution < 1.29 is 27.5 Å². The van der Waals surface area contributed by atoms with E-state index in [1.807, 2.05) is 24.3 Å². The first-order chi connectivity index (χ1) is 17.8. The Hall–Kier alpha value is -4.00. The topological polar surface area (TPSA) is 126 Å². The van der Waals surface area contributed by atoms with Crippen molar-refractivity contribution in [2.24, 2.45) is 5.92 Å². The molecule has 2 amide bonds. The number of fused-ring (bicyclic) bond motifs is 2. The third-order valence-electron chi connectivity index (χ3n) is 6.24. The molecule has 1 aliphatic rings. The van der Waals surface area contributed by atoms with E-state index in [4.69, 9.17) is 4.74 Å². The number of hydrogen-bond donors (Lipinski definition) is 3. The molecular weight excluding hydrogens is 491 g/mol. The fourth-order valence-corrected chi connectivity index (χ4v) is 4.28. The highest BCUT2D eigenvalue weighted by Crippen LogP contribution is 2.29. The molecule has 4 heterocycles. The minimum Gasteiger partial charge on any atom is -0.381 e. The molecule has 10 nitrogen and oxygen atoms in total. The van der Waals surface area contributed by atoms with E-state index in [9.17, 15) is 22.8 Å². The number of aromatic amines is 1. The number of nitrogens with zero attached hydrogens (tertiary/aromatic N) is 4. The molecule has 37 heavy (non-hydrogen) atoms. The molecule has 0 spiro atoms. The molecule has 0 aliphatic carbocycles. The summed E-state index contributed by atoms with van der Waals surface area (Å²) in [6.07, 6.45) is -1.90. The lowest BCUT2D eigenvalue weighted by molar-refractivity contribution is -0.145. The normalized spacial score (nSPS) is 14.8. The van der Waals surface area contributed by atoms with Crippen molar-refractivity contribution in [1.29, 1.82) is 0 Å². The number of amides is 2. The average Bonchev–Trinajstić information content (AvgIpc) is 3.51. The lowest BCUT2D eigenvalue weighted by Gasteiger charge is -2.22. The van der Waals surface area contributed by atoms with Crippen LogP contribution in [-0.2, 0) is 17.3 Å². The summed E-state index contributed by atoms with van der Waals surface area (Å²) in [5.74, 6) is -1.73. The van der Waals surface area contributed by atoms with Crippen molar-refractivity contribution in [3.05, 3.63) is 59.3 Å². The summed E-state index contributed by atoms with van der Waals surface area (Å²) >= 11 is 0. The van der Waals surface area contributed by atoms with Gasteiger partial charge in [-0.2, -0.15) is 13.2 Å². The molecule has 1 aromatic carbocycles. The lowest BCUT2D eigenvalue weighted by Crippen LogP contribution is -2.33. The van der Waals surface area contributed by atoms with Gasteiger partial charge in [-0.25, -0.2) is 4.98 Å². The van der Waals surface area contributed by atoms with Crippen molar-refractivity contribution in [2.45, 2.75) is 25.4 Å². The van der Waals surface area contributed by atoms with E-state index in [0.717, 1.165) is 30.1 Å². The Bertz CT molecular complexity index is 1410. The third kappa shape index (κ3) is 5.40. The van der Waals surface area contributed by atoms with Gasteiger partial charge < -0.3 is 20.4 Å². The second-order valence-electron chi connectivity index (χ2n) is 8.83. The molecule has 1 aliphatic heterocycles. The summed E-state index contributed by atoms with van der Waals surface area (Å²) in [4.78, 5) is 33.5. The van der Waals surface area contributed by atoms with Crippen LogP contribution >= 0.6 is 0 Å². The van der Waals surface area contributed by atoms with Gasteiger partial charge in [0.2, 0.25) is 5.82 Å². The number of carbonyl (C=O) groups excluding carboxylic acids is 2. The van der Waals surface area contributed by atoms with E-state index >= 15 is 0 Å². The highest BCUT2D eigenvalue weighted by molar-refractivity contribution is 6.03. The maximum atomic E-state index is 13.5. The van der Waals surface area contributed by atoms with Gasteiger partial charge in [0.15, 0.2) is 5.65 Å². The fraction of sp³-hybridized carbons (Fsp3) is 0.375. The number of benzene rings is 1. The van der Waals surface area contributed by atoms with Crippen LogP contribution in [0.4, 0.5) is 13.2 Å². The molecule has 0 bridgehead atoms. The number of pyridine rings is 1. The van der Waals surface area contributed by atoms with Gasteiger partial charge in [0.1, 0.15) is 5.82 Å². The Balaban J connectivity index is 1.36. The van der Waals surface area contributed by atoms with Crippen molar-refractivity contribution in [3.63, 3.8) is 0 Å². The van der Waals surface area contributed by atoms with Crippen molar-refractivity contribution in [1.82, 2.24) is 35.2 Å². The Morgan fingerprint density at radius 1 is 1.11 bits per heavy atom. The minimum absolute atomic E-state index is 0.104. The number of halogens is 3. The first-order valence-electron chi connectivity index (χ1n) is 11.8. The monoisotopic (exact) mass is 515 g/mol. The second-order valence-corrected chi connectivity index (χ2v) is 8.83. The number of hydrogen-bond acceptors (Lipinski definition) is 6. The van der Waals surface area contributed by atoms with Gasteiger partial charge in [-0.3, -0.25) is 14.0 Å². The minimum atomic E-state index is -4.83. The van der Waals surface area contributed by atoms with Crippen LogP contribution in [0.15, 0.2) is 36.5 Å². The molecule has 194 valence electrons. The zero-order valence-corrected chi connectivity index (χ0v) is 19.6. The average molecular weight is 515 g/mol. The molecule has 1 fully saturated rings. The number of para-hydroxylation sites is 2. The van der Waals surface area contributed by atoms with Gasteiger partial charge >= 0.3 is 6.18 Å². The Morgan fingerprint density at radius 2 is 1.89 bits per heavy atom. The smallest absolute Gasteiger partial charge is 0.381 e. The van der Waals surface area contributed by atoms with Gasteiger partial charge in [0, 0.05) is 38.9 Å². The number of nitrogens with one attached hydrogen (secondary N) is 3. The summed E-state index contributed by atoms with van der Waals surface area (Å²) in [7, 11) is 0. The molecule has 0 saturated carbocycles. The molecule has 3 aromatic heterocycles. The van der Waals surface area contributed by atoms with Crippen LogP contribution in [0.2, 0.25) is 0 Å². The van der Waals surface area contributed by atoms with E-state index in [1.54, 1.807) is 0 Å². The van der Waals surface area contributed by atoms with Crippen molar-refractivity contribution in [2.75, 3.05) is 26.3 Å². The standard InChI is InChI=1S/C24H24F3N7O3/c25-24(26,27)23-33-32-20-16(22(36)28-8-5-19-30-17-3-1-2-4-18(17)31-19)11-15(13-34(20)23)21(35)29-12-14-6-9-37-10-7-14/h1-4,11,13-14H,5-10,12H2,(H,28,36)(H,29,35)(H,30,31). The number of carbonyl (C=O) groups is 2. The van der Waals surface area contributed by atoms with Gasteiger partial charge in [0.25, 0.3) is 11.8 Å². The predicted molar refractivity (Wildman–Crippen MR) is 126 cm³/mol. The molecule has 13 heteroatoms. The molecule has 0 unspecified atom stereocenters. The maximum absolute atomic E-state index is 13.5. The zero-order valence-electron chi connectivity index (χ0n) is 19.6. The summed E-state index contributed by atoms with van der Waals surface area (Å²) in [5, 5.41) is 12.2. The van der Waals surface area contributed by atoms with E-state index in [-0.39, 0.29) is 29.2 Å². The summed E-state index contributed by atoms with van der Waals surface area (Å²) in [6.45, 7) is 1.71. The Kier molecular flexibility index (Phi) is 6.78. The van der Waals surface area contributed by atoms with E-state index in [0.29, 0.717) is 36.4 Å². The summed E-state index contributed by atoms with van der Waals surface area (Å²) in [5.41, 5.74) is 1.05. The van der Waals surface area contributed by atoms with Gasteiger partial charge in [-0.05, 0) is 37.0 Å². The van der Waals surface area contributed by atoms with Crippen LogP contribution in [0.3, 0.4) is 0 Å². The van der Waals surface area contributed by atoms with Gasteiger partial charge in [-0.15, -0.1) is 10.2 Å².